The van der Waals surface area contributed by atoms with E-state index in [0.717, 1.165) is 4.48 Å². The highest BCUT2D eigenvalue weighted by molar-refractivity contribution is 9.14. The van der Waals surface area contributed by atoms with Crippen molar-refractivity contribution < 1.29 is 0 Å². The largest absolute Gasteiger partial charge is 0.101 e. The van der Waals surface area contributed by atoms with Crippen LogP contribution in [0.3, 0.4) is 0 Å². The summed E-state index contributed by atoms with van der Waals surface area (Å²) in [7, 11) is 0. The molecule has 0 aliphatic rings. The van der Waals surface area contributed by atoms with Crippen LogP contribution in [-0.4, -0.2) is 4.16 Å². The molecule has 0 aromatic heterocycles. The van der Waals surface area contributed by atoms with E-state index in [9.17, 15) is 0 Å². The van der Waals surface area contributed by atoms with Crippen LogP contribution in [0.1, 0.15) is 0 Å². The summed E-state index contributed by atoms with van der Waals surface area (Å²) in [6.07, 6.45) is 0. The van der Waals surface area contributed by atoms with Gasteiger partial charge in [-0.1, -0.05) is 51.1 Å². The molecule has 3 heteroatoms. The molecule has 0 heterocycles. The lowest BCUT2D eigenvalue weighted by Gasteiger charge is -1.90. The SMILES string of the molecule is C=C(Br)C([S])Br. The van der Waals surface area contributed by atoms with Crippen molar-refractivity contribution in [2.45, 2.75) is 4.16 Å². The second-order valence-electron chi connectivity index (χ2n) is 0.763. The maximum absolute atomic E-state index is 4.67. The van der Waals surface area contributed by atoms with Crippen molar-refractivity contribution in [3.63, 3.8) is 0 Å². The Kier molecular flexibility index (Phi) is 3.65. The van der Waals surface area contributed by atoms with Crippen LogP contribution in [0.4, 0.5) is 0 Å². The van der Waals surface area contributed by atoms with E-state index in [1.807, 2.05) is 0 Å². The first kappa shape index (κ1) is 7.05. The van der Waals surface area contributed by atoms with Gasteiger partial charge in [-0.2, -0.15) is 0 Å². The van der Waals surface area contributed by atoms with Gasteiger partial charge in [-0.25, -0.2) is 0 Å². The van der Waals surface area contributed by atoms with Crippen molar-refractivity contribution in [2.24, 2.45) is 0 Å². The number of rotatable bonds is 1. The highest BCUT2D eigenvalue weighted by atomic mass is 79.9. The van der Waals surface area contributed by atoms with Crippen molar-refractivity contribution in [1.82, 2.24) is 0 Å². The number of halogens is 2. The monoisotopic (exact) mass is 229 g/mol. The molecule has 1 unspecified atom stereocenters. The zero-order chi connectivity index (χ0) is 5.15. The molecular formula is C3H3Br2S. The third-order valence-corrected chi connectivity index (χ3v) is 2.46. The molecule has 0 saturated carbocycles. The lowest BCUT2D eigenvalue weighted by Crippen LogP contribution is -1.77. The van der Waals surface area contributed by atoms with E-state index >= 15 is 0 Å². The molecule has 0 aromatic carbocycles. The summed E-state index contributed by atoms with van der Waals surface area (Å²) in [5.41, 5.74) is 0. The fourth-order valence-corrected chi connectivity index (χ4v) is 0. The Morgan fingerprint density at radius 3 is 2.00 bits per heavy atom. The lowest BCUT2D eigenvalue weighted by atomic mass is 10.8. The first-order valence-corrected chi connectivity index (χ1v) is 3.47. The first-order chi connectivity index (χ1) is 2.64. The summed E-state index contributed by atoms with van der Waals surface area (Å²) in [5.74, 6) is 0. The van der Waals surface area contributed by atoms with E-state index in [0.29, 0.717) is 0 Å². The van der Waals surface area contributed by atoms with Crippen molar-refractivity contribution >= 4 is 44.5 Å². The topological polar surface area (TPSA) is 0 Å². The van der Waals surface area contributed by atoms with E-state index < -0.39 is 0 Å². The van der Waals surface area contributed by atoms with Crippen LogP contribution < -0.4 is 0 Å². The maximum atomic E-state index is 4.67. The smallest absolute Gasteiger partial charge is 0.0868 e. The first-order valence-electron chi connectivity index (χ1n) is 1.29. The summed E-state index contributed by atoms with van der Waals surface area (Å²) < 4.78 is 0.773. The zero-order valence-corrected chi connectivity index (χ0v) is 6.94. The quantitative estimate of drug-likeness (QED) is 0.608. The van der Waals surface area contributed by atoms with E-state index in [1.54, 1.807) is 0 Å². The van der Waals surface area contributed by atoms with Crippen molar-refractivity contribution in [3.05, 3.63) is 11.1 Å². The molecule has 0 saturated heterocycles. The highest BCUT2D eigenvalue weighted by Gasteiger charge is 1.94. The highest BCUT2D eigenvalue weighted by Crippen LogP contribution is 2.18. The van der Waals surface area contributed by atoms with Crippen LogP contribution in [0.15, 0.2) is 11.1 Å². The van der Waals surface area contributed by atoms with Crippen molar-refractivity contribution in [3.8, 4) is 0 Å². The minimum Gasteiger partial charge on any atom is -0.0868 e. The summed E-state index contributed by atoms with van der Waals surface area (Å²) in [6.45, 7) is 3.52. The Labute approximate surface area is 59.7 Å². The molecule has 0 bridgehead atoms. The molecule has 0 rings (SSSR count). The van der Waals surface area contributed by atoms with E-state index in [1.165, 1.54) is 0 Å². The predicted octanol–water partition coefficient (Wildman–Crippen LogP) is 2.81. The van der Waals surface area contributed by atoms with Gasteiger partial charge in [-0.3, -0.25) is 0 Å². The fourth-order valence-electron chi connectivity index (χ4n) is 0. The molecule has 1 radical (unpaired) electrons. The Balaban J connectivity index is 3.26. The number of alkyl halides is 1. The van der Waals surface area contributed by atoms with Gasteiger partial charge in [-0.15, -0.1) is 0 Å². The van der Waals surface area contributed by atoms with Crippen LogP contribution in [0.2, 0.25) is 0 Å². The molecule has 1 atom stereocenters. The standard InChI is InChI=1S/C3H3Br2S/c1-2(4)3(5)6/h3H,1H2. The molecule has 0 fully saturated rings. The molecule has 0 aliphatic carbocycles. The summed E-state index contributed by atoms with van der Waals surface area (Å²) >= 11 is 10.9. The zero-order valence-electron chi connectivity index (χ0n) is 2.95. The normalized spacial score (nSPS) is 13.8. The molecular weight excluding hydrogens is 228 g/mol. The van der Waals surface area contributed by atoms with E-state index in [2.05, 4.69) is 51.1 Å². The Morgan fingerprint density at radius 2 is 2.00 bits per heavy atom. The van der Waals surface area contributed by atoms with Gasteiger partial charge in [0.05, 0.1) is 0 Å². The summed E-state index contributed by atoms with van der Waals surface area (Å²) in [5, 5.41) is 0. The molecule has 0 spiro atoms. The minimum atomic E-state index is -0.0301. The average Bonchev–Trinajstić information content (AvgIpc) is 1.36. The predicted molar refractivity (Wildman–Crippen MR) is 38.4 cm³/mol. The van der Waals surface area contributed by atoms with Gasteiger partial charge >= 0.3 is 0 Å². The average molecular weight is 231 g/mol. The number of hydrogen-bond donors (Lipinski definition) is 0. The fraction of sp³-hybridized carbons (Fsp3) is 0.333. The van der Waals surface area contributed by atoms with E-state index in [-0.39, 0.29) is 4.16 Å². The minimum absolute atomic E-state index is 0.0301. The second kappa shape index (κ2) is 3.10. The van der Waals surface area contributed by atoms with E-state index in [4.69, 9.17) is 0 Å². The summed E-state index contributed by atoms with van der Waals surface area (Å²) in [6, 6.07) is 0. The van der Waals surface area contributed by atoms with Gasteiger partial charge in [0, 0.05) is 4.48 Å². The van der Waals surface area contributed by atoms with Crippen LogP contribution in [0.25, 0.3) is 0 Å². The van der Waals surface area contributed by atoms with Crippen LogP contribution in [0.5, 0.6) is 0 Å². The van der Waals surface area contributed by atoms with Crippen molar-refractivity contribution in [1.29, 1.82) is 0 Å². The van der Waals surface area contributed by atoms with Crippen molar-refractivity contribution in [2.75, 3.05) is 0 Å². The maximum Gasteiger partial charge on any atom is 0.101 e. The molecule has 0 aromatic rings. The Hall–Kier alpha value is 1.05. The van der Waals surface area contributed by atoms with Gasteiger partial charge in [0.25, 0.3) is 0 Å². The molecule has 0 aliphatic heterocycles. The third-order valence-electron chi connectivity index (χ3n) is 0.246. The molecule has 0 amide bonds. The van der Waals surface area contributed by atoms with Gasteiger partial charge in [0.2, 0.25) is 0 Å². The Bertz CT molecular complexity index is 59.8. The Morgan fingerprint density at radius 1 is 1.83 bits per heavy atom. The molecule has 0 N–H and O–H groups in total. The van der Waals surface area contributed by atoms with Gasteiger partial charge in [0.1, 0.15) is 4.16 Å². The molecule has 35 valence electrons. The van der Waals surface area contributed by atoms with Gasteiger partial charge in [-0.05, 0) is 0 Å². The summed E-state index contributed by atoms with van der Waals surface area (Å²) in [4.78, 5) is 0. The van der Waals surface area contributed by atoms with Crippen LogP contribution >= 0.6 is 44.5 Å². The molecule has 6 heavy (non-hydrogen) atoms. The lowest BCUT2D eigenvalue weighted by molar-refractivity contribution is 1.71. The van der Waals surface area contributed by atoms with Gasteiger partial charge in [0.15, 0.2) is 0 Å². The van der Waals surface area contributed by atoms with Crippen LogP contribution in [-0.2, 0) is 0 Å². The third kappa shape index (κ3) is 3.25. The van der Waals surface area contributed by atoms with Crippen LogP contribution in [0, 0.1) is 0 Å². The molecule has 0 nitrogen and oxygen atoms in total. The van der Waals surface area contributed by atoms with Gasteiger partial charge < -0.3 is 0 Å². The second-order valence-corrected chi connectivity index (χ2v) is 3.77. The number of hydrogen-bond acceptors (Lipinski definition) is 0.